The molecule has 0 aliphatic rings. The summed E-state index contributed by atoms with van der Waals surface area (Å²) in [6.45, 7) is 12.0. The van der Waals surface area contributed by atoms with E-state index in [0.717, 1.165) is 44.0 Å². The maximum atomic E-state index is 11.7. The number of phenols is 3. The summed E-state index contributed by atoms with van der Waals surface area (Å²) in [7, 11) is 4.64. The topological polar surface area (TPSA) is 88.4 Å². The van der Waals surface area contributed by atoms with Crippen molar-refractivity contribution in [2.45, 2.75) is 53.4 Å². The van der Waals surface area contributed by atoms with E-state index in [1.54, 1.807) is 19.2 Å². The number of hydrogen-bond donors (Lipinski definition) is 3. The van der Waals surface area contributed by atoms with E-state index in [1.807, 2.05) is 53.7 Å². The fraction of sp³-hybridized carbons (Fsp3) is 0.355. The number of benzene rings is 4. The minimum atomic E-state index is 0.00814. The van der Waals surface area contributed by atoms with E-state index >= 15 is 0 Å². The maximum Gasteiger partial charge on any atom is 0.161 e. The van der Waals surface area contributed by atoms with Crippen molar-refractivity contribution in [3.63, 3.8) is 0 Å². The van der Waals surface area contributed by atoms with Gasteiger partial charge in [0.25, 0.3) is 0 Å². The lowest BCUT2D eigenvalue weighted by Crippen LogP contribution is -2.01. The summed E-state index contributed by atoms with van der Waals surface area (Å²) in [6, 6.07) is 7.49. The lowest BCUT2D eigenvalue weighted by molar-refractivity contribution is 0.370. The summed E-state index contributed by atoms with van der Waals surface area (Å²) in [6.07, 6.45) is 0. The second kappa shape index (κ2) is 9.58. The summed E-state index contributed by atoms with van der Waals surface area (Å²) in [5.41, 5.74) is 4.64. The van der Waals surface area contributed by atoms with Crippen LogP contribution in [0.5, 0.6) is 34.5 Å². The second-order valence-corrected chi connectivity index (χ2v) is 10.2. The van der Waals surface area contributed by atoms with Crippen LogP contribution in [-0.4, -0.2) is 36.6 Å². The number of phenolic OH excluding ortho intramolecular Hbond substituents is 3. The lowest BCUT2D eigenvalue weighted by atomic mass is 9.85. The van der Waals surface area contributed by atoms with Gasteiger partial charge in [-0.25, -0.2) is 0 Å². The molecule has 0 saturated heterocycles. The molecule has 0 bridgehead atoms. The van der Waals surface area contributed by atoms with Crippen LogP contribution in [0.15, 0.2) is 24.3 Å². The van der Waals surface area contributed by atoms with Gasteiger partial charge in [-0.1, -0.05) is 39.8 Å². The molecule has 6 nitrogen and oxygen atoms in total. The molecule has 0 unspecified atom stereocenters. The van der Waals surface area contributed by atoms with Gasteiger partial charge in [-0.3, -0.25) is 0 Å². The first-order valence-electron chi connectivity index (χ1n) is 12.5. The Morgan fingerprint density at radius 3 is 1.41 bits per heavy atom. The van der Waals surface area contributed by atoms with Gasteiger partial charge in [-0.15, -0.1) is 0 Å². The lowest BCUT2D eigenvalue weighted by Gasteiger charge is -2.23. The molecule has 37 heavy (non-hydrogen) atoms. The van der Waals surface area contributed by atoms with Crippen molar-refractivity contribution in [3.8, 4) is 45.6 Å². The highest BCUT2D eigenvalue weighted by Gasteiger charge is 2.26. The van der Waals surface area contributed by atoms with Crippen LogP contribution in [0.3, 0.4) is 0 Å². The fourth-order valence-electron chi connectivity index (χ4n) is 5.59. The number of ether oxygens (including phenoxy) is 3. The predicted octanol–water partition coefficient (Wildman–Crippen LogP) is 7.67. The van der Waals surface area contributed by atoms with Gasteiger partial charge in [0.15, 0.2) is 23.0 Å². The molecule has 0 atom stereocenters. The van der Waals surface area contributed by atoms with Crippen LogP contribution in [0.25, 0.3) is 32.7 Å². The van der Waals surface area contributed by atoms with E-state index in [2.05, 4.69) is 0 Å². The van der Waals surface area contributed by atoms with Gasteiger partial charge in [0.1, 0.15) is 11.5 Å². The van der Waals surface area contributed by atoms with E-state index in [-0.39, 0.29) is 29.1 Å². The molecule has 4 aromatic carbocycles. The SMILES string of the molecule is COc1cc2c(O)c(-c3c(C)cc4c(C(C)C)c(O)c(OC)cc4c3OC)c(C)cc2c(C(C)C)c1O. The van der Waals surface area contributed by atoms with E-state index in [0.29, 0.717) is 28.2 Å². The number of aromatic hydroxyl groups is 3. The predicted molar refractivity (Wildman–Crippen MR) is 149 cm³/mol. The minimum absolute atomic E-state index is 0.00814. The molecule has 196 valence electrons. The van der Waals surface area contributed by atoms with Crippen molar-refractivity contribution in [2.24, 2.45) is 0 Å². The van der Waals surface area contributed by atoms with E-state index < -0.39 is 0 Å². The number of aryl methyl sites for hydroxylation is 2. The summed E-state index contributed by atoms with van der Waals surface area (Å²) in [5, 5.41) is 36.5. The highest BCUT2D eigenvalue weighted by atomic mass is 16.5. The normalized spacial score (nSPS) is 11.6. The highest BCUT2D eigenvalue weighted by molar-refractivity contribution is 6.06. The molecular formula is C31H36O6. The average Bonchev–Trinajstić information content (AvgIpc) is 2.83. The van der Waals surface area contributed by atoms with E-state index in [4.69, 9.17) is 14.2 Å². The van der Waals surface area contributed by atoms with Crippen molar-refractivity contribution in [1.82, 2.24) is 0 Å². The Hall–Kier alpha value is -3.80. The minimum Gasteiger partial charge on any atom is -0.507 e. The molecule has 0 heterocycles. The maximum absolute atomic E-state index is 11.7. The molecule has 0 amide bonds. The molecule has 0 aliphatic heterocycles. The average molecular weight is 505 g/mol. The van der Waals surface area contributed by atoms with Crippen LogP contribution >= 0.6 is 0 Å². The number of methoxy groups -OCH3 is 3. The Balaban J connectivity index is 2.19. The van der Waals surface area contributed by atoms with Crippen LogP contribution in [-0.2, 0) is 0 Å². The monoisotopic (exact) mass is 504 g/mol. The molecule has 4 aromatic rings. The number of fused-ring (bicyclic) bond motifs is 2. The smallest absolute Gasteiger partial charge is 0.161 e. The molecule has 3 N–H and O–H groups in total. The Kier molecular flexibility index (Phi) is 6.80. The van der Waals surface area contributed by atoms with Crippen LogP contribution in [0.2, 0.25) is 0 Å². The highest BCUT2D eigenvalue weighted by Crippen LogP contribution is 2.52. The van der Waals surface area contributed by atoms with Crippen molar-refractivity contribution in [3.05, 3.63) is 46.5 Å². The zero-order chi connectivity index (χ0) is 27.3. The molecule has 4 rings (SSSR count). The fourth-order valence-corrected chi connectivity index (χ4v) is 5.59. The van der Waals surface area contributed by atoms with Gasteiger partial charge in [-0.2, -0.15) is 0 Å². The van der Waals surface area contributed by atoms with Crippen molar-refractivity contribution in [2.75, 3.05) is 21.3 Å². The second-order valence-electron chi connectivity index (χ2n) is 10.2. The molecule has 6 heteroatoms. The quantitative estimate of drug-likeness (QED) is 0.250. The molecule has 0 radical (unpaired) electrons. The zero-order valence-corrected chi connectivity index (χ0v) is 23.0. The van der Waals surface area contributed by atoms with Gasteiger partial charge in [0, 0.05) is 33.0 Å². The van der Waals surface area contributed by atoms with Crippen molar-refractivity contribution < 1.29 is 29.5 Å². The first-order valence-corrected chi connectivity index (χ1v) is 12.5. The molecule has 0 aromatic heterocycles. The molecule has 0 saturated carbocycles. The van der Waals surface area contributed by atoms with Crippen LogP contribution in [0.1, 0.15) is 61.8 Å². The Bertz CT molecular complexity index is 1530. The molecular weight excluding hydrogens is 468 g/mol. The third-order valence-corrected chi connectivity index (χ3v) is 7.21. The van der Waals surface area contributed by atoms with Gasteiger partial charge in [-0.05, 0) is 59.7 Å². The molecule has 0 aliphatic carbocycles. The summed E-state index contributed by atoms with van der Waals surface area (Å²) < 4.78 is 17.0. The summed E-state index contributed by atoms with van der Waals surface area (Å²) >= 11 is 0. The van der Waals surface area contributed by atoms with Crippen LogP contribution in [0, 0.1) is 13.8 Å². The van der Waals surface area contributed by atoms with E-state index in [1.165, 1.54) is 14.2 Å². The first kappa shape index (κ1) is 26.3. The largest absolute Gasteiger partial charge is 0.507 e. The standard InChI is InChI=1S/C31H36O6/c1-14(2)24-18-10-16(5)26(28(32)20(18)12-22(35-7)29(24)33)27-17(6)11-19-21(31(27)37-9)13-23(36-8)30(34)25(19)15(3)4/h10-15,32-34H,1-9H3. The van der Waals surface area contributed by atoms with Gasteiger partial charge < -0.3 is 29.5 Å². The van der Waals surface area contributed by atoms with Crippen LogP contribution in [0.4, 0.5) is 0 Å². The third kappa shape index (κ3) is 3.95. The van der Waals surface area contributed by atoms with Gasteiger partial charge >= 0.3 is 0 Å². The Morgan fingerprint density at radius 1 is 0.541 bits per heavy atom. The Labute approximate surface area is 218 Å². The molecule has 0 spiro atoms. The summed E-state index contributed by atoms with van der Waals surface area (Å²) in [4.78, 5) is 0. The number of hydrogen-bond acceptors (Lipinski definition) is 6. The summed E-state index contributed by atoms with van der Waals surface area (Å²) in [5.74, 6) is 1.61. The third-order valence-electron chi connectivity index (χ3n) is 7.21. The first-order chi connectivity index (χ1) is 17.5. The zero-order valence-electron chi connectivity index (χ0n) is 23.0. The number of rotatable bonds is 6. The van der Waals surface area contributed by atoms with Crippen molar-refractivity contribution >= 4 is 21.5 Å². The van der Waals surface area contributed by atoms with Gasteiger partial charge in [0.05, 0.1) is 21.3 Å². The molecule has 0 fully saturated rings. The Morgan fingerprint density at radius 2 is 0.973 bits per heavy atom. The van der Waals surface area contributed by atoms with Gasteiger partial charge in [0.2, 0.25) is 0 Å². The van der Waals surface area contributed by atoms with Crippen molar-refractivity contribution in [1.29, 1.82) is 0 Å². The van der Waals surface area contributed by atoms with Crippen LogP contribution < -0.4 is 14.2 Å². The van der Waals surface area contributed by atoms with E-state index in [9.17, 15) is 15.3 Å².